The number of benzene rings is 3. The molecule has 0 saturated heterocycles. The minimum absolute atomic E-state index is 0. The van der Waals surface area contributed by atoms with Gasteiger partial charge in [0, 0.05) is 22.2 Å². The van der Waals surface area contributed by atoms with Crippen molar-refractivity contribution in [1.29, 1.82) is 0 Å². The van der Waals surface area contributed by atoms with Gasteiger partial charge in [-0.3, -0.25) is 0 Å². The maximum absolute atomic E-state index is 2.27. The van der Waals surface area contributed by atoms with E-state index in [4.69, 9.17) is 0 Å². The summed E-state index contributed by atoms with van der Waals surface area (Å²) >= 11 is 0. The average Bonchev–Trinajstić information content (AvgIpc) is 3.37. The van der Waals surface area contributed by atoms with Gasteiger partial charge in [-0.1, -0.05) is 115 Å². The summed E-state index contributed by atoms with van der Waals surface area (Å²) in [5, 5.41) is 0. The Labute approximate surface area is 209 Å². The van der Waals surface area contributed by atoms with Gasteiger partial charge in [0.1, 0.15) is 0 Å². The Morgan fingerprint density at radius 1 is 0.455 bits per heavy atom. The van der Waals surface area contributed by atoms with E-state index in [0.29, 0.717) is 0 Å². The molecule has 0 heterocycles. The molecule has 0 amide bonds. The number of rotatable bonds is 4. The quantitative estimate of drug-likeness (QED) is 0.158. The molecule has 5 rings (SSSR count). The van der Waals surface area contributed by atoms with Crippen LogP contribution in [0.2, 0.25) is 0 Å². The molecule has 1 aliphatic carbocycles. The predicted molar refractivity (Wildman–Crippen MR) is 137 cm³/mol. The van der Waals surface area contributed by atoms with Gasteiger partial charge in [-0.25, -0.2) is 12.1 Å². The number of hydrogen-bond donors (Lipinski definition) is 0. The fourth-order valence-corrected chi connectivity index (χ4v) is 4.54. The third-order valence-electron chi connectivity index (χ3n) is 6.05. The second-order valence-electron chi connectivity index (χ2n) is 8.12. The van der Waals surface area contributed by atoms with Crippen LogP contribution >= 0.6 is 0 Å². The first kappa shape index (κ1) is 24.6. The van der Waals surface area contributed by atoms with E-state index in [-0.39, 0.29) is 22.2 Å². The first-order valence-electron chi connectivity index (χ1n) is 11.6. The van der Waals surface area contributed by atoms with Gasteiger partial charge in [-0.2, -0.15) is 12.1 Å². The Balaban J connectivity index is 0.000000290. The molecule has 0 bridgehead atoms. The van der Waals surface area contributed by atoms with E-state index in [1.807, 2.05) is 0 Å². The Hall–Kier alpha value is -3.00. The zero-order chi connectivity index (χ0) is 21.9. The molecule has 1 aliphatic rings. The van der Waals surface area contributed by atoms with Crippen molar-refractivity contribution in [1.82, 2.24) is 0 Å². The van der Waals surface area contributed by atoms with Crippen LogP contribution in [0.15, 0.2) is 140 Å². The second kappa shape index (κ2) is 12.9. The SMILES string of the molecule is C1=C\CC/C=C\CC/1.[Co].c1ccc(C(c2ccccc2)(c2ccccc2)c2ccc[cH-]2)cc1. The first-order valence-corrected chi connectivity index (χ1v) is 11.6. The van der Waals surface area contributed by atoms with E-state index >= 15 is 0 Å². The molecule has 1 radical (unpaired) electrons. The van der Waals surface area contributed by atoms with Gasteiger partial charge < -0.3 is 0 Å². The molecule has 0 aromatic heterocycles. The van der Waals surface area contributed by atoms with Crippen LogP contribution in [0, 0.1) is 0 Å². The van der Waals surface area contributed by atoms with E-state index in [2.05, 4.69) is 140 Å². The van der Waals surface area contributed by atoms with Crippen LogP contribution in [0.4, 0.5) is 0 Å². The Morgan fingerprint density at radius 3 is 1.12 bits per heavy atom. The summed E-state index contributed by atoms with van der Waals surface area (Å²) in [6.45, 7) is 0. The minimum Gasteiger partial charge on any atom is -0.213 e. The molecule has 0 N–H and O–H groups in total. The second-order valence-corrected chi connectivity index (χ2v) is 8.12. The van der Waals surface area contributed by atoms with Gasteiger partial charge in [0.25, 0.3) is 0 Å². The molecule has 0 atom stereocenters. The smallest absolute Gasteiger partial charge is 0.0472 e. The van der Waals surface area contributed by atoms with Gasteiger partial charge in [-0.15, -0.1) is 5.56 Å². The topological polar surface area (TPSA) is 0 Å². The van der Waals surface area contributed by atoms with Crippen molar-refractivity contribution in [2.75, 3.05) is 0 Å². The van der Waals surface area contributed by atoms with Gasteiger partial charge >= 0.3 is 0 Å². The summed E-state index contributed by atoms with van der Waals surface area (Å²) in [5.41, 5.74) is 4.86. The third-order valence-corrected chi connectivity index (χ3v) is 6.05. The molecule has 0 spiro atoms. The van der Waals surface area contributed by atoms with Crippen LogP contribution in [0.5, 0.6) is 0 Å². The Morgan fingerprint density at radius 2 is 0.818 bits per heavy atom. The summed E-state index contributed by atoms with van der Waals surface area (Å²) in [6.07, 6.45) is 14.0. The minimum atomic E-state index is -0.298. The van der Waals surface area contributed by atoms with Crippen molar-refractivity contribution < 1.29 is 16.8 Å². The largest absolute Gasteiger partial charge is 0.213 e. The molecule has 0 saturated carbocycles. The van der Waals surface area contributed by atoms with Crippen LogP contribution in [0.3, 0.4) is 0 Å². The van der Waals surface area contributed by atoms with Gasteiger partial charge in [0.15, 0.2) is 0 Å². The number of allylic oxidation sites excluding steroid dienone is 4. The van der Waals surface area contributed by atoms with Crippen molar-refractivity contribution >= 4 is 0 Å². The zero-order valence-electron chi connectivity index (χ0n) is 18.9. The van der Waals surface area contributed by atoms with Gasteiger partial charge in [0.05, 0.1) is 0 Å². The monoisotopic (exact) mass is 474 g/mol. The number of hydrogen-bond acceptors (Lipinski definition) is 0. The van der Waals surface area contributed by atoms with Crippen LogP contribution in [0.1, 0.15) is 47.9 Å². The van der Waals surface area contributed by atoms with E-state index < -0.39 is 0 Å². The first-order chi connectivity index (χ1) is 15.9. The summed E-state index contributed by atoms with van der Waals surface area (Å²) < 4.78 is 0. The van der Waals surface area contributed by atoms with Crippen molar-refractivity contribution in [3.63, 3.8) is 0 Å². The van der Waals surface area contributed by atoms with Crippen LogP contribution in [-0.2, 0) is 22.2 Å². The van der Waals surface area contributed by atoms with E-state index in [1.54, 1.807) is 0 Å². The van der Waals surface area contributed by atoms with Crippen molar-refractivity contribution in [3.05, 3.63) is 162 Å². The summed E-state index contributed by atoms with van der Waals surface area (Å²) in [7, 11) is 0. The molecule has 1 heteroatoms. The van der Waals surface area contributed by atoms with Crippen molar-refractivity contribution in [2.45, 2.75) is 31.1 Å². The van der Waals surface area contributed by atoms with Crippen LogP contribution < -0.4 is 0 Å². The molecule has 0 unspecified atom stereocenters. The predicted octanol–water partition coefficient (Wildman–Crippen LogP) is 8.46. The van der Waals surface area contributed by atoms with Crippen molar-refractivity contribution in [3.8, 4) is 0 Å². The molecule has 0 fully saturated rings. The zero-order valence-corrected chi connectivity index (χ0v) is 20.0. The molecule has 0 nitrogen and oxygen atoms in total. The molecular weight excluding hydrogens is 443 g/mol. The summed E-state index contributed by atoms with van der Waals surface area (Å²) in [5.74, 6) is 0. The Kier molecular flexibility index (Phi) is 9.62. The van der Waals surface area contributed by atoms with Gasteiger partial charge in [-0.05, 0) is 42.4 Å². The fourth-order valence-electron chi connectivity index (χ4n) is 4.54. The summed E-state index contributed by atoms with van der Waals surface area (Å²) in [6, 6.07) is 41.1. The van der Waals surface area contributed by atoms with E-state index in [0.717, 1.165) is 0 Å². The molecule has 33 heavy (non-hydrogen) atoms. The average molecular weight is 475 g/mol. The maximum Gasteiger partial charge on any atom is 0.0472 e. The van der Waals surface area contributed by atoms with Crippen molar-refractivity contribution in [2.24, 2.45) is 0 Å². The molecular formula is C32H31Co-. The van der Waals surface area contributed by atoms with Gasteiger partial charge in [0.2, 0.25) is 0 Å². The molecule has 0 aliphatic heterocycles. The molecule has 4 aromatic rings. The van der Waals surface area contributed by atoms with Crippen LogP contribution in [0.25, 0.3) is 0 Å². The molecule has 169 valence electrons. The van der Waals surface area contributed by atoms with E-state index in [1.165, 1.54) is 47.9 Å². The fraction of sp³-hybridized carbons (Fsp3) is 0.156. The Bertz CT molecular complexity index is 969. The van der Waals surface area contributed by atoms with Crippen LogP contribution in [-0.4, -0.2) is 0 Å². The maximum atomic E-state index is 2.27. The standard InChI is InChI=1S/C24H19.C8H12.Co/c1-4-12-20(13-5-1)24(23-18-10-11-19-23,21-14-6-2-7-15-21)22-16-8-3-9-17-22;1-2-4-6-8-7-5-3-1;/h1-19H;1-2,7-8H,3-6H2;/q-1;;/b;2-1-,8-7-;. The third kappa shape index (κ3) is 5.87. The summed E-state index contributed by atoms with van der Waals surface area (Å²) in [4.78, 5) is 0. The normalized spacial score (nSPS) is 15.0. The molecule has 4 aromatic carbocycles. The van der Waals surface area contributed by atoms with E-state index in [9.17, 15) is 0 Å².